The number of nitrogens with one attached hydrogen (secondary N) is 1. The van der Waals surface area contributed by atoms with Crippen molar-refractivity contribution in [2.45, 2.75) is 33.2 Å². The first-order valence-corrected chi connectivity index (χ1v) is 13.6. The summed E-state index contributed by atoms with van der Waals surface area (Å²) in [5, 5.41) is 16.7. The second-order valence-corrected chi connectivity index (χ2v) is 10.7. The van der Waals surface area contributed by atoms with Gasteiger partial charge in [-0.1, -0.05) is 37.6 Å². The number of aromatic nitrogens is 4. The largest absolute Gasteiger partial charge is 0.365 e. The molecule has 1 N–H and O–H groups in total. The summed E-state index contributed by atoms with van der Waals surface area (Å²) < 4.78 is 0. The smallest absolute Gasteiger partial charge is 0.269 e. The second kappa shape index (κ2) is 11.6. The number of aryl methyl sites for hydroxylation is 2. The molecule has 0 aliphatic rings. The van der Waals surface area contributed by atoms with Gasteiger partial charge < -0.3 is 5.32 Å². The molecule has 0 aliphatic carbocycles. The molecule has 36 heavy (non-hydrogen) atoms. The van der Waals surface area contributed by atoms with Crippen LogP contribution in [0.1, 0.15) is 29.2 Å². The Kier molecular flexibility index (Phi) is 8.53. The highest BCUT2D eigenvalue weighted by molar-refractivity contribution is 7.19. The predicted octanol–water partition coefficient (Wildman–Crippen LogP) is 7.99. The van der Waals surface area contributed by atoms with Crippen LogP contribution in [0.3, 0.4) is 0 Å². The van der Waals surface area contributed by atoms with Crippen LogP contribution in [0.15, 0.2) is 36.4 Å². The van der Waals surface area contributed by atoms with E-state index in [0.29, 0.717) is 17.5 Å². The lowest BCUT2D eigenvalue weighted by Gasteiger charge is -2.07. The van der Waals surface area contributed by atoms with Crippen molar-refractivity contribution in [3.63, 3.8) is 0 Å². The minimum Gasteiger partial charge on any atom is -0.365 e. The molecule has 8 nitrogen and oxygen atoms in total. The van der Waals surface area contributed by atoms with E-state index in [-0.39, 0.29) is 16.3 Å². The molecule has 5 rings (SSSR count). The van der Waals surface area contributed by atoms with Crippen molar-refractivity contribution in [2.75, 3.05) is 5.32 Å². The van der Waals surface area contributed by atoms with Gasteiger partial charge in [0.2, 0.25) is 10.6 Å². The first-order chi connectivity index (χ1) is 17.3. The predicted molar refractivity (Wildman–Crippen MR) is 149 cm³/mol. The number of anilines is 1. The summed E-state index contributed by atoms with van der Waals surface area (Å²) >= 11 is 20.8. The lowest BCUT2D eigenvalue weighted by atomic mass is 10.2. The van der Waals surface area contributed by atoms with Crippen LogP contribution in [-0.2, 0) is 19.4 Å². The van der Waals surface area contributed by atoms with Gasteiger partial charge in [0.05, 0.1) is 10.3 Å². The summed E-state index contributed by atoms with van der Waals surface area (Å²) in [4.78, 5) is 31.0. The van der Waals surface area contributed by atoms with Crippen molar-refractivity contribution in [1.29, 1.82) is 0 Å². The summed E-state index contributed by atoms with van der Waals surface area (Å²) in [6.07, 6.45) is 1.90. The van der Waals surface area contributed by atoms with E-state index in [9.17, 15) is 10.1 Å². The molecular formula is C23H19Cl3N6O2S2. The molecule has 0 bridgehead atoms. The molecule has 0 saturated carbocycles. The van der Waals surface area contributed by atoms with E-state index in [1.807, 2.05) is 18.2 Å². The fourth-order valence-corrected chi connectivity index (χ4v) is 6.00. The molecular weight excluding hydrogens is 563 g/mol. The Balaban J connectivity index is 0.000000197. The zero-order valence-electron chi connectivity index (χ0n) is 19.1. The number of rotatable bonds is 6. The number of nitro benzene ring substituents is 1. The number of nitrogens with zero attached hydrogens (tertiary/aromatic N) is 5. The van der Waals surface area contributed by atoms with Crippen molar-refractivity contribution in [2.24, 2.45) is 0 Å². The standard InChI is InChI=1S/C15H13ClN4O2S.C8H6Cl2N2S/c1-2-11-7-12-13(18-15(16)19-14(12)23-11)17-8-9-4-3-5-10(6-9)20(21)22;1-2-4-3-5-6(9)11-8(10)12-7(5)13-4/h3-7H,2,8H2,1H3,(H,17,18,19);3H,2H2,1H3. The molecule has 5 aromatic rings. The Labute approximate surface area is 229 Å². The molecule has 0 amide bonds. The number of halogens is 3. The molecule has 186 valence electrons. The van der Waals surface area contributed by atoms with Crippen LogP contribution < -0.4 is 5.32 Å². The van der Waals surface area contributed by atoms with E-state index in [0.717, 1.165) is 38.8 Å². The Bertz CT molecular complexity index is 1560. The maximum atomic E-state index is 10.8. The number of benzene rings is 1. The van der Waals surface area contributed by atoms with Crippen LogP contribution in [0, 0.1) is 10.1 Å². The van der Waals surface area contributed by atoms with E-state index in [1.165, 1.54) is 21.9 Å². The van der Waals surface area contributed by atoms with Crippen molar-refractivity contribution < 1.29 is 4.92 Å². The topological polar surface area (TPSA) is 107 Å². The maximum Gasteiger partial charge on any atom is 0.269 e. The van der Waals surface area contributed by atoms with Gasteiger partial charge in [-0.05, 0) is 53.7 Å². The first-order valence-electron chi connectivity index (χ1n) is 10.8. The SMILES string of the molecule is CCc1cc2c(Cl)nc(Cl)nc2s1.CCc1cc2c(NCc3cccc([N+](=O)[O-])c3)nc(Cl)nc2s1. The summed E-state index contributed by atoms with van der Waals surface area (Å²) in [6.45, 7) is 4.59. The number of fused-ring (bicyclic) bond motifs is 2. The van der Waals surface area contributed by atoms with Gasteiger partial charge in [-0.15, -0.1) is 22.7 Å². The Morgan fingerprint density at radius 1 is 0.889 bits per heavy atom. The van der Waals surface area contributed by atoms with Crippen molar-refractivity contribution in [1.82, 2.24) is 19.9 Å². The number of thiophene rings is 2. The first kappa shape index (κ1) is 26.4. The minimum atomic E-state index is -0.407. The van der Waals surface area contributed by atoms with Gasteiger partial charge in [0.25, 0.3) is 5.69 Å². The van der Waals surface area contributed by atoms with Crippen molar-refractivity contribution in [3.8, 4) is 0 Å². The molecule has 13 heteroatoms. The van der Waals surface area contributed by atoms with Crippen molar-refractivity contribution in [3.05, 3.63) is 77.6 Å². The average Bonchev–Trinajstić information content (AvgIpc) is 3.47. The van der Waals surface area contributed by atoms with Crippen LogP contribution in [0.2, 0.25) is 15.7 Å². The van der Waals surface area contributed by atoms with Crippen molar-refractivity contribution >= 4 is 89.4 Å². The quantitative estimate of drug-likeness (QED) is 0.0937. The molecule has 1 aromatic carbocycles. The van der Waals surface area contributed by atoms with Gasteiger partial charge in [-0.3, -0.25) is 10.1 Å². The van der Waals surface area contributed by atoms with E-state index in [2.05, 4.69) is 39.1 Å². The third-order valence-electron chi connectivity index (χ3n) is 5.06. The van der Waals surface area contributed by atoms with Crippen LogP contribution in [0.4, 0.5) is 11.5 Å². The Hall–Kier alpha value is -2.63. The molecule has 0 aliphatic heterocycles. The monoisotopic (exact) mass is 580 g/mol. The normalized spacial score (nSPS) is 10.9. The lowest BCUT2D eigenvalue weighted by Crippen LogP contribution is -2.03. The molecule has 0 fully saturated rings. The van der Waals surface area contributed by atoms with Gasteiger partial charge in [0, 0.05) is 33.8 Å². The second-order valence-electron chi connectivity index (χ2n) is 7.48. The van der Waals surface area contributed by atoms with Crippen LogP contribution in [0.25, 0.3) is 20.4 Å². The molecule has 4 aromatic heterocycles. The maximum absolute atomic E-state index is 10.8. The van der Waals surface area contributed by atoms with Crippen LogP contribution in [-0.4, -0.2) is 24.9 Å². The van der Waals surface area contributed by atoms with Gasteiger partial charge >= 0.3 is 0 Å². The fraction of sp³-hybridized carbons (Fsp3) is 0.217. The number of nitro groups is 1. The fourth-order valence-electron chi connectivity index (χ4n) is 3.31. The molecule has 0 atom stereocenters. The zero-order valence-corrected chi connectivity index (χ0v) is 23.0. The summed E-state index contributed by atoms with van der Waals surface area (Å²) in [5.41, 5.74) is 0.868. The van der Waals surface area contributed by atoms with Gasteiger partial charge in [0.1, 0.15) is 20.6 Å². The summed E-state index contributed by atoms with van der Waals surface area (Å²) in [7, 11) is 0. The molecule has 0 spiro atoms. The van der Waals surface area contributed by atoms with Crippen LogP contribution in [0.5, 0.6) is 0 Å². The van der Waals surface area contributed by atoms with Gasteiger partial charge in [-0.2, -0.15) is 0 Å². The average molecular weight is 582 g/mol. The Morgan fingerprint density at radius 2 is 1.50 bits per heavy atom. The molecule has 0 radical (unpaired) electrons. The van der Waals surface area contributed by atoms with E-state index >= 15 is 0 Å². The minimum absolute atomic E-state index is 0.0685. The van der Waals surface area contributed by atoms with E-state index < -0.39 is 4.92 Å². The highest BCUT2D eigenvalue weighted by Crippen LogP contribution is 2.31. The van der Waals surface area contributed by atoms with Gasteiger partial charge in [-0.25, -0.2) is 19.9 Å². The molecule has 0 saturated heterocycles. The highest BCUT2D eigenvalue weighted by Gasteiger charge is 2.12. The highest BCUT2D eigenvalue weighted by atomic mass is 35.5. The van der Waals surface area contributed by atoms with E-state index in [1.54, 1.807) is 28.7 Å². The summed E-state index contributed by atoms with van der Waals surface area (Å²) in [5.74, 6) is 0.641. The number of non-ortho nitro benzene ring substituents is 1. The lowest BCUT2D eigenvalue weighted by molar-refractivity contribution is -0.384. The number of hydrogen-bond acceptors (Lipinski definition) is 9. The molecule has 0 unspecified atom stereocenters. The number of hydrogen-bond donors (Lipinski definition) is 1. The van der Waals surface area contributed by atoms with Crippen LogP contribution >= 0.6 is 57.5 Å². The Morgan fingerprint density at radius 3 is 2.14 bits per heavy atom. The van der Waals surface area contributed by atoms with E-state index in [4.69, 9.17) is 34.8 Å². The summed E-state index contributed by atoms with van der Waals surface area (Å²) in [6, 6.07) is 10.6. The molecule has 4 heterocycles. The third kappa shape index (κ3) is 6.19. The third-order valence-corrected chi connectivity index (χ3v) is 8.04. The van der Waals surface area contributed by atoms with Gasteiger partial charge in [0.15, 0.2) is 0 Å². The zero-order chi connectivity index (χ0) is 25.8.